The smallest absolute Gasteiger partial charge is 0.246 e. The molecule has 0 spiro atoms. The van der Waals surface area contributed by atoms with Crippen molar-refractivity contribution in [1.29, 1.82) is 0 Å². The second-order valence-electron chi connectivity index (χ2n) is 6.84. The highest BCUT2D eigenvalue weighted by molar-refractivity contribution is 5.95. The van der Waals surface area contributed by atoms with Crippen LogP contribution in [0.15, 0.2) is 72.9 Å². The first-order valence-electron chi connectivity index (χ1n) is 9.36. The van der Waals surface area contributed by atoms with E-state index in [1.807, 2.05) is 47.4 Å². The summed E-state index contributed by atoms with van der Waals surface area (Å²) < 4.78 is 0. The van der Waals surface area contributed by atoms with Crippen molar-refractivity contribution >= 4 is 22.9 Å². The van der Waals surface area contributed by atoms with Gasteiger partial charge >= 0.3 is 0 Å². The Morgan fingerprint density at radius 3 is 2.52 bits per heavy atom. The molecule has 0 aliphatic carbocycles. The molecule has 27 heavy (non-hydrogen) atoms. The van der Waals surface area contributed by atoms with Crippen molar-refractivity contribution in [2.45, 2.75) is 6.54 Å². The second kappa shape index (κ2) is 8.14. The molecule has 3 aromatic rings. The third-order valence-electron chi connectivity index (χ3n) is 5.00. The molecule has 4 nitrogen and oxygen atoms in total. The Bertz CT molecular complexity index is 939. The number of rotatable bonds is 4. The van der Waals surface area contributed by atoms with Crippen LogP contribution in [0.2, 0.25) is 0 Å². The standard InChI is InChI=1S/C23H23N3O/c27-22(12-11-21-9-4-8-20-10-5-13-24-23(20)21)26-16-14-25(15-17-26)18-19-6-2-1-3-7-19/h1-13H,14-18H2/b12-11+. The Morgan fingerprint density at radius 1 is 0.926 bits per heavy atom. The summed E-state index contributed by atoms with van der Waals surface area (Å²) in [5, 5.41) is 1.08. The molecule has 136 valence electrons. The van der Waals surface area contributed by atoms with Crippen molar-refractivity contribution in [3.05, 3.63) is 84.1 Å². The van der Waals surface area contributed by atoms with E-state index in [9.17, 15) is 4.79 Å². The van der Waals surface area contributed by atoms with Crippen LogP contribution in [0.4, 0.5) is 0 Å². The molecular weight excluding hydrogens is 334 g/mol. The Labute approximate surface area is 159 Å². The zero-order valence-corrected chi connectivity index (χ0v) is 15.3. The summed E-state index contributed by atoms with van der Waals surface area (Å²) in [4.78, 5) is 21.3. The molecule has 1 aliphatic rings. The topological polar surface area (TPSA) is 36.4 Å². The van der Waals surface area contributed by atoms with Crippen molar-refractivity contribution in [2.24, 2.45) is 0 Å². The molecule has 0 atom stereocenters. The van der Waals surface area contributed by atoms with E-state index in [-0.39, 0.29) is 5.91 Å². The van der Waals surface area contributed by atoms with Gasteiger partial charge in [0, 0.05) is 55.9 Å². The van der Waals surface area contributed by atoms with Gasteiger partial charge in [0.1, 0.15) is 0 Å². The third-order valence-corrected chi connectivity index (χ3v) is 5.00. The molecule has 1 amide bonds. The summed E-state index contributed by atoms with van der Waals surface area (Å²) >= 11 is 0. The molecule has 1 fully saturated rings. The van der Waals surface area contributed by atoms with Gasteiger partial charge in [0.15, 0.2) is 0 Å². The van der Waals surface area contributed by atoms with Gasteiger partial charge in [0.05, 0.1) is 5.52 Å². The van der Waals surface area contributed by atoms with Gasteiger partial charge < -0.3 is 4.90 Å². The van der Waals surface area contributed by atoms with Crippen molar-refractivity contribution in [2.75, 3.05) is 26.2 Å². The number of amides is 1. The van der Waals surface area contributed by atoms with Crippen LogP contribution in [-0.2, 0) is 11.3 Å². The number of fused-ring (bicyclic) bond motifs is 1. The van der Waals surface area contributed by atoms with Crippen LogP contribution in [0.5, 0.6) is 0 Å². The lowest BCUT2D eigenvalue weighted by Gasteiger charge is -2.34. The molecule has 0 radical (unpaired) electrons. The fourth-order valence-electron chi connectivity index (χ4n) is 3.50. The SMILES string of the molecule is O=C(/C=C/c1cccc2cccnc12)N1CCN(Cc2ccccc2)CC1. The summed E-state index contributed by atoms with van der Waals surface area (Å²) in [5.74, 6) is 0.0716. The molecule has 1 aromatic heterocycles. The van der Waals surface area contributed by atoms with Crippen LogP contribution in [-0.4, -0.2) is 46.9 Å². The highest BCUT2D eigenvalue weighted by Crippen LogP contribution is 2.17. The second-order valence-corrected chi connectivity index (χ2v) is 6.84. The molecule has 1 aliphatic heterocycles. The van der Waals surface area contributed by atoms with Crippen LogP contribution >= 0.6 is 0 Å². The van der Waals surface area contributed by atoms with Gasteiger partial charge in [0.2, 0.25) is 5.91 Å². The number of hydrogen-bond donors (Lipinski definition) is 0. The fraction of sp³-hybridized carbons (Fsp3) is 0.217. The van der Waals surface area contributed by atoms with E-state index < -0.39 is 0 Å². The highest BCUT2D eigenvalue weighted by atomic mass is 16.2. The van der Waals surface area contributed by atoms with Gasteiger partial charge in [-0.15, -0.1) is 0 Å². The van der Waals surface area contributed by atoms with Gasteiger partial charge in [-0.3, -0.25) is 14.7 Å². The predicted molar refractivity (Wildman–Crippen MR) is 109 cm³/mol. The third kappa shape index (κ3) is 4.23. The first kappa shape index (κ1) is 17.4. The van der Waals surface area contributed by atoms with Gasteiger partial charge in [0.25, 0.3) is 0 Å². The Kier molecular flexibility index (Phi) is 5.26. The lowest BCUT2D eigenvalue weighted by molar-refractivity contribution is -0.127. The van der Waals surface area contributed by atoms with E-state index in [2.05, 4.69) is 34.1 Å². The van der Waals surface area contributed by atoms with Crippen molar-refractivity contribution in [3.63, 3.8) is 0 Å². The predicted octanol–water partition coefficient (Wildman–Crippen LogP) is 3.59. The Balaban J connectivity index is 1.36. The van der Waals surface area contributed by atoms with Crippen molar-refractivity contribution < 1.29 is 4.79 Å². The summed E-state index contributed by atoms with van der Waals surface area (Å²) in [6.07, 6.45) is 5.35. The number of aromatic nitrogens is 1. The minimum Gasteiger partial charge on any atom is -0.337 e. The average molecular weight is 357 g/mol. The largest absolute Gasteiger partial charge is 0.337 e. The van der Waals surface area contributed by atoms with Gasteiger partial charge in [-0.1, -0.05) is 54.6 Å². The molecular formula is C23H23N3O. The molecule has 4 heteroatoms. The maximum Gasteiger partial charge on any atom is 0.246 e. The lowest BCUT2D eigenvalue weighted by atomic mass is 10.1. The molecule has 1 saturated heterocycles. The average Bonchev–Trinajstić information content (AvgIpc) is 2.73. The molecule has 4 rings (SSSR count). The van der Waals surface area contributed by atoms with Crippen LogP contribution in [0.3, 0.4) is 0 Å². The molecule has 0 bridgehead atoms. The zero-order valence-electron chi connectivity index (χ0n) is 15.3. The Morgan fingerprint density at radius 2 is 1.70 bits per heavy atom. The zero-order chi connectivity index (χ0) is 18.5. The maximum atomic E-state index is 12.6. The van der Waals surface area contributed by atoms with Crippen LogP contribution in [0.25, 0.3) is 17.0 Å². The summed E-state index contributed by atoms with van der Waals surface area (Å²) in [6, 6.07) is 20.5. The van der Waals surface area contributed by atoms with E-state index in [1.165, 1.54) is 5.56 Å². The van der Waals surface area contributed by atoms with Crippen LogP contribution in [0, 0.1) is 0 Å². The number of carbonyl (C=O) groups excluding carboxylic acids is 1. The number of hydrogen-bond acceptors (Lipinski definition) is 3. The van der Waals surface area contributed by atoms with E-state index in [1.54, 1.807) is 12.3 Å². The van der Waals surface area contributed by atoms with E-state index in [4.69, 9.17) is 0 Å². The normalized spacial score (nSPS) is 15.5. The lowest BCUT2D eigenvalue weighted by Crippen LogP contribution is -2.47. The minimum absolute atomic E-state index is 0.0716. The number of carbonyl (C=O) groups is 1. The molecule has 2 aromatic carbocycles. The first-order valence-corrected chi connectivity index (χ1v) is 9.36. The summed E-state index contributed by atoms with van der Waals surface area (Å²) in [7, 11) is 0. The van der Waals surface area contributed by atoms with E-state index in [0.29, 0.717) is 0 Å². The molecule has 2 heterocycles. The van der Waals surface area contributed by atoms with Crippen LogP contribution in [0.1, 0.15) is 11.1 Å². The number of nitrogens with zero attached hydrogens (tertiary/aromatic N) is 3. The number of benzene rings is 2. The van der Waals surface area contributed by atoms with Crippen molar-refractivity contribution in [3.8, 4) is 0 Å². The monoisotopic (exact) mass is 357 g/mol. The summed E-state index contributed by atoms with van der Waals surface area (Å²) in [6.45, 7) is 4.29. The van der Waals surface area contributed by atoms with Gasteiger partial charge in [-0.05, 0) is 17.7 Å². The summed E-state index contributed by atoms with van der Waals surface area (Å²) in [5.41, 5.74) is 3.22. The first-order chi connectivity index (χ1) is 13.3. The number of piperazine rings is 1. The quantitative estimate of drug-likeness (QED) is 0.670. The highest BCUT2D eigenvalue weighted by Gasteiger charge is 2.19. The minimum atomic E-state index is 0.0716. The Hall–Kier alpha value is -2.98. The van der Waals surface area contributed by atoms with Crippen molar-refractivity contribution in [1.82, 2.24) is 14.8 Å². The number of pyridine rings is 1. The van der Waals surface area contributed by atoms with Gasteiger partial charge in [-0.2, -0.15) is 0 Å². The van der Waals surface area contributed by atoms with E-state index in [0.717, 1.165) is 49.2 Å². The fourth-order valence-corrected chi connectivity index (χ4v) is 3.50. The van der Waals surface area contributed by atoms with E-state index >= 15 is 0 Å². The molecule has 0 unspecified atom stereocenters. The maximum absolute atomic E-state index is 12.6. The molecule has 0 saturated carbocycles. The molecule has 0 N–H and O–H groups in total. The number of para-hydroxylation sites is 1. The van der Waals surface area contributed by atoms with Gasteiger partial charge in [-0.25, -0.2) is 0 Å². The van der Waals surface area contributed by atoms with Crippen LogP contribution < -0.4 is 0 Å².